The maximum absolute atomic E-state index is 15.2. The van der Waals surface area contributed by atoms with Gasteiger partial charge in [-0.1, -0.05) is 115 Å². The third-order valence-electron chi connectivity index (χ3n) is 8.53. The van der Waals surface area contributed by atoms with E-state index in [9.17, 15) is 0 Å². The average molecular weight is 586 g/mol. The summed E-state index contributed by atoms with van der Waals surface area (Å²) in [6, 6.07) is 47.8. The lowest BCUT2D eigenvalue weighted by Gasteiger charge is -2.20. The van der Waals surface area contributed by atoms with Crippen molar-refractivity contribution in [2.75, 3.05) is 0 Å². The van der Waals surface area contributed by atoms with Crippen molar-refractivity contribution in [3.63, 3.8) is 0 Å². The Morgan fingerprint density at radius 2 is 1.09 bits per heavy atom. The molecule has 6 aromatic carbocycles. The zero-order valence-electron chi connectivity index (χ0n) is 23.5. The first-order chi connectivity index (χ1) is 21.7. The summed E-state index contributed by atoms with van der Waals surface area (Å²) in [6.45, 7) is 0. The van der Waals surface area contributed by atoms with Crippen LogP contribution < -0.4 is 15.9 Å². The molecule has 9 aromatic rings. The first-order valence-corrected chi connectivity index (χ1v) is 16.3. The van der Waals surface area contributed by atoms with Crippen LogP contribution >= 0.6 is 7.14 Å². The quantitative estimate of drug-likeness (QED) is 0.193. The third kappa shape index (κ3) is 3.65. The van der Waals surface area contributed by atoms with E-state index in [4.69, 9.17) is 13.8 Å². The molecule has 0 atom stereocenters. The SMILES string of the molecule is O=P(c1ccccc1)(c1ccccc1)c1cccc(-c2nc3cc4c(cc3c3oc5ccccc5c23)oc2ccccc24)c1. The van der Waals surface area contributed by atoms with Gasteiger partial charge in [0.2, 0.25) is 0 Å². The van der Waals surface area contributed by atoms with Gasteiger partial charge >= 0.3 is 0 Å². The summed E-state index contributed by atoms with van der Waals surface area (Å²) < 4.78 is 28.0. The van der Waals surface area contributed by atoms with Crippen molar-refractivity contribution in [3.8, 4) is 11.3 Å². The number of para-hydroxylation sites is 2. The van der Waals surface area contributed by atoms with E-state index in [2.05, 4.69) is 18.2 Å². The van der Waals surface area contributed by atoms with Crippen LogP contribution in [0.15, 0.2) is 154 Å². The van der Waals surface area contributed by atoms with Gasteiger partial charge in [0.1, 0.15) is 22.3 Å². The van der Waals surface area contributed by atoms with E-state index in [0.717, 1.165) is 82.0 Å². The van der Waals surface area contributed by atoms with E-state index in [1.54, 1.807) is 0 Å². The molecule has 44 heavy (non-hydrogen) atoms. The summed E-state index contributed by atoms with van der Waals surface area (Å²) >= 11 is 0. The van der Waals surface area contributed by atoms with Crippen LogP contribution in [0.2, 0.25) is 0 Å². The smallest absolute Gasteiger partial charge is 0.171 e. The van der Waals surface area contributed by atoms with Gasteiger partial charge in [0, 0.05) is 43.0 Å². The molecular formula is C39H24NO3P. The molecule has 0 aliphatic rings. The fraction of sp³-hybridized carbons (Fsp3) is 0. The molecule has 4 nitrogen and oxygen atoms in total. The monoisotopic (exact) mass is 585 g/mol. The molecule has 0 radical (unpaired) electrons. The molecule has 3 aromatic heterocycles. The van der Waals surface area contributed by atoms with Crippen molar-refractivity contribution in [1.29, 1.82) is 0 Å². The lowest BCUT2D eigenvalue weighted by molar-refractivity contribution is 0.592. The van der Waals surface area contributed by atoms with Crippen LogP contribution in [0.1, 0.15) is 0 Å². The molecule has 0 aliphatic carbocycles. The molecular weight excluding hydrogens is 561 g/mol. The van der Waals surface area contributed by atoms with Crippen molar-refractivity contribution in [3.05, 3.63) is 146 Å². The summed E-state index contributed by atoms with van der Waals surface area (Å²) in [5.74, 6) is 0. The predicted molar refractivity (Wildman–Crippen MR) is 181 cm³/mol. The highest BCUT2D eigenvalue weighted by Crippen LogP contribution is 2.45. The molecule has 9 rings (SSSR count). The van der Waals surface area contributed by atoms with Crippen LogP contribution in [0.5, 0.6) is 0 Å². The van der Waals surface area contributed by atoms with Crippen LogP contribution in [0.3, 0.4) is 0 Å². The van der Waals surface area contributed by atoms with Crippen LogP contribution in [0.4, 0.5) is 0 Å². The fourth-order valence-corrected chi connectivity index (χ4v) is 9.16. The fourth-order valence-electron chi connectivity index (χ4n) is 6.46. The minimum atomic E-state index is -3.18. The molecule has 0 saturated carbocycles. The maximum atomic E-state index is 15.2. The van der Waals surface area contributed by atoms with E-state index >= 15 is 4.57 Å². The molecule has 0 spiro atoms. The van der Waals surface area contributed by atoms with Gasteiger partial charge in [-0.3, -0.25) is 0 Å². The Morgan fingerprint density at radius 1 is 0.477 bits per heavy atom. The van der Waals surface area contributed by atoms with Crippen molar-refractivity contribution < 1.29 is 13.4 Å². The van der Waals surface area contributed by atoms with Crippen LogP contribution in [-0.4, -0.2) is 4.98 Å². The number of rotatable bonds is 4. The highest BCUT2D eigenvalue weighted by atomic mass is 31.2. The maximum Gasteiger partial charge on any atom is 0.171 e. The number of nitrogens with zero attached hydrogens (tertiary/aromatic N) is 1. The van der Waals surface area contributed by atoms with Crippen LogP contribution in [0.25, 0.3) is 66.0 Å². The first kappa shape index (κ1) is 25.1. The number of hydrogen-bond donors (Lipinski definition) is 0. The molecule has 208 valence electrons. The van der Waals surface area contributed by atoms with Crippen LogP contribution in [0, 0.1) is 0 Å². The standard InChI is InChI=1S/C39H24NO3P/c41-44(26-13-3-1-4-14-26,27-15-5-2-6-16-27)28-17-11-12-25(22-28)38-37-30-19-8-10-21-35(30)43-39(37)32-24-36-31(23-33(32)40-38)29-18-7-9-20-34(29)42-36/h1-24H. The zero-order chi connectivity index (χ0) is 29.3. The summed E-state index contributed by atoms with van der Waals surface area (Å²) in [4.78, 5) is 5.31. The normalized spacial score (nSPS) is 12.2. The summed E-state index contributed by atoms with van der Waals surface area (Å²) in [5.41, 5.74) is 5.66. The Balaban J connectivity index is 1.36. The largest absolute Gasteiger partial charge is 0.456 e. The van der Waals surface area contributed by atoms with Crippen molar-refractivity contribution >= 4 is 77.8 Å². The minimum Gasteiger partial charge on any atom is -0.456 e. The molecule has 3 heterocycles. The Bertz CT molecular complexity index is 2540. The second-order valence-electron chi connectivity index (χ2n) is 11.1. The molecule has 5 heteroatoms. The van der Waals surface area contributed by atoms with E-state index in [1.165, 1.54) is 0 Å². The van der Waals surface area contributed by atoms with Gasteiger partial charge < -0.3 is 13.4 Å². The number of pyridine rings is 1. The van der Waals surface area contributed by atoms with Crippen LogP contribution in [-0.2, 0) is 4.57 Å². The third-order valence-corrected chi connectivity index (χ3v) is 11.6. The molecule has 0 aliphatic heterocycles. The van der Waals surface area contributed by atoms with Gasteiger partial charge in [-0.2, -0.15) is 0 Å². The van der Waals surface area contributed by atoms with Crippen molar-refractivity contribution in [1.82, 2.24) is 4.98 Å². The van der Waals surface area contributed by atoms with E-state index in [1.807, 2.05) is 127 Å². The topological polar surface area (TPSA) is 56.2 Å². The number of furan rings is 2. The van der Waals surface area contributed by atoms with Crippen molar-refractivity contribution in [2.45, 2.75) is 0 Å². The molecule has 0 saturated heterocycles. The first-order valence-electron chi connectivity index (χ1n) is 14.6. The Kier molecular flexibility index (Phi) is 5.44. The second kappa shape index (κ2) is 9.54. The summed E-state index contributed by atoms with van der Waals surface area (Å²) in [6.07, 6.45) is 0. The molecule has 0 bridgehead atoms. The lowest BCUT2D eigenvalue weighted by Crippen LogP contribution is -2.25. The van der Waals surface area contributed by atoms with Gasteiger partial charge in [0.25, 0.3) is 0 Å². The number of hydrogen-bond acceptors (Lipinski definition) is 4. The van der Waals surface area contributed by atoms with Gasteiger partial charge in [0.15, 0.2) is 7.14 Å². The zero-order valence-corrected chi connectivity index (χ0v) is 24.4. The summed E-state index contributed by atoms with van der Waals surface area (Å²) in [5, 5.41) is 7.20. The van der Waals surface area contributed by atoms with Crippen molar-refractivity contribution in [2.24, 2.45) is 0 Å². The lowest BCUT2D eigenvalue weighted by atomic mass is 10.0. The van der Waals surface area contributed by atoms with E-state index in [-0.39, 0.29) is 0 Å². The van der Waals surface area contributed by atoms with Gasteiger partial charge in [-0.15, -0.1) is 0 Å². The second-order valence-corrected chi connectivity index (χ2v) is 13.8. The molecule has 0 unspecified atom stereocenters. The number of fused-ring (bicyclic) bond motifs is 8. The number of benzene rings is 6. The van der Waals surface area contributed by atoms with Gasteiger partial charge in [0.05, 0.1) is 16.6 Å². The minimum absolute atomic E-state index is 0.756. The van der Waals surface area contributed by atoms with Gasteiger partial charge in [-0.05, 0) is 30.3 Å². The molecule has 0 N–H and O–H groups in total. The molecule has 0 fully saturated rings. The number of aromatic nitrogens is 1. The Labute approximate surface area is 252 Å². The van der Waals surface area contributed by atoms with E-state index < -0.39 is 7.14 Å². The predicted octanol–water partition coefficient (Wildman–Crippen LogP) is 9.34. The highest BCUT2D eigenvalue weighted by Gasteiger charge is 2.30. The van der Waals surface area contributed by atoms with E-state index in [0.29, 0.717) is 0 Å². The molecule has 0 amide bonds. The Morgan fingerprint density at radius 3 is 1.82 bits per heavy atom. The Hall–Kier alpha value is -5.44. The average Bonchev–Trinajstić information content (AvgIpc) is 3.66. The highest BCUT2D eigenvalue weighted by molar-refractivity contribution is 7.85. The summed E-state index contributed by atoms with van der Waals surface area (Å²) in [7, 11) is -3.18. The van der Waals surface area contributed by atoms with Gasteiger partial charge in [-0.25, -0.2) is 4.98 Å².